The first kappa shape index (κ1) is 24.0. The molecule has 0 atom stereocenters. The van der Waals surface area contributed by atoms with E-state index in [1.165, 1.54) is 0 Å². The highest BCUT2D eigenvalue weighted by Crippen LogP contribution is 2.40. The molecule has 0 aliphatic carbocycles. The summed E-state index contributed by atoms with van der Waals surface area (Å²) in [5.41, 5.74) is 1.74. The second-order valence-corrected chi connectivity index (χ2v) is 10.2. The number of hydrogen-bond donors (Lipinski definition) is 0. The minimum atomic E-state index is -0.525. The van der Waals surface area contributed by atoms with Crippen LogP contribution in [0.15, 0.2) is 12.1 Å². The summed E-state index contributed by atoms with van der Waals surface area (Å²) in [4.78, 5) is 11.9. The van der Waals surface area contributed by atoms with Gasteiger partial charge in [-0.3, -0.25) is 0 Å². The Morgan fingerprint density at radius 2 is 1.46 bits per heavy atom. The first-order chi connectivity index (χ1) is 12.6. The van der Waals surface area contributed by atoms with Crippen LogP contribution in [0.1, 0.15) is 85.9 Å². The number of carbonyl (C=O) groups excluding carboxylic acids is 1. The third kappa shape index (κ3) is 6.54. The van der Waals surface area contributed by atoms with Gasteiger partial charge in [-0.05, 0) is 29.9 Å². The van der Waals surface area contributed by atoms with E-state index in [-0.39, 0.29) is 17.4 Å². The van der Waals surface area contributed by atoms with Crippen molar-refractivity contribution >= 4 is 12.2 Å². The van der Waals surface area contributed by atoms with E-state index < -0.39 is 11.5 Å². The topological polar surface area (TPSA) is 61.6 Å². The van der Waals surface area contributed by atoms with Crippen molar-refractivity contribution in [3.05, 3.63) is 34.0 Å². The highest BCUT2D eigenvalue weighted by Gasteiger charge is 2.29. The third-order valence-electron chi connectivity index (χ3n) is 4.29. The largest absolute Gasteiger partial charge is 0.623 e. The Balaban J connectivity index is 3.62. The Hall–Kier alpha value is -2.04. The Morgan fingerprint density at radius 3 is 1.82 bits per heavy atom. The van der Waals surface area contributed by atoms with E-state index in [0.717, 1.165) is 21.4 Å². The molecule has 1 aromatic carbocycles. The number of hydrogen-bond acceptors (Lipinski definition) is 4. The molecule has 0 amide bonds. The van der Waals surface area contributed by atoms with E-state index in [1.54, 1.807) is 13.1 Å². The quantitative estimate of drug-likeness (QED) is 0.234. The first-order valence-electron chi connectivity index (χ1n) is 9.86. The molecule has 28 heavy (non-hydrogen) atoms. The van der Waals surface area contributed by atoms with Crippen LogP contribution in [-0.4, -0.2) is 35.7 Å². The first-order valence-corrected chi connectivity index (χ1v) is 9.86. The molecule has 0 unspecified atom stereocenters. The number of esters is 1. The summed E-state index contributed by atoms with van der Waals surface area (Å²) in [5, 5.41) is 12.5. The molecule has 5 nitrogen and oxygen atoms in total. The molecular weight excluding hydrogens is 354 g/mol. The summed E-state index contributed by atoms with van der Waals surface area (Å²) in [6.45, 7) is 20.1. The molecule has 5 heteroatoms. The fraction of sp³-hybridized carbons (Fsp3) is 0.652. The van der Waals surface area contributed by atoms with Crippen LogP contribution < -0.4 is 4.74 Å². The maximum Gasteiger partial charge on any atom is 0.344 e. The molecule has 0 N–H and O–H groups in total. The van der Waals surface area contributed by atoms with Gasteiger partial charge in [0.2, 0.25) is 0 Å². The SMILES string of the molecule is CCOC(=O)COc1c(C(C)(C)C)cc(C=[N+]([O-])C(C)(C)C)cc1C(C)(C)C. The van der Waals surface area contributed by atoms with Gasteiger partial charge >= 0.3 is 5.97 Å². The number of hydroxylamine groups is 1. The van der Waals surface area contributed by atoms with Crippen LogP contribution in [0.4, 0.5) is 0 Å². The molecule has 0 heterocycles. The van der Waals surface area contributed by atoms with Crippen LogP contribution >= 0.6 is 0 Å². The summed E-state index contributed by atoms with van der Waals surface area (Å²) in [7, 11) is 0. The van der Waals surface area contributed by atoms with Gasteiger partial charge in [0.25, 0.3) is 0 Å². The molecule has 0 spiro atoms. The molecule has 0 radical (unpaired) electrons. The molecule has 0 bridgehead atoms. The lowest BCUT2D eigenvalue weighted by molar-refractivity contribution is -0.530. The van der Waals surface area contributed by atoms with Gasteiger partial charge in [0, 0.05) is 37.5 Å². The molecule has 1 rings (SSSR count). The van der Waals surface area contributed by atoms with Crippen molar-refractivity contribution in [3.63, 3.8) is 0 Å². The predicted octanol–water partition coefficient (Wildman–Crippen LogP) is 4.95. The number of benzene rings is 1. The van der Waals surface area contributed by atoms with Crippen LogP contribution in [0.25, 0.3) is 0 Å². The van der Waals surface area contributed by atoms with Gasteiger partial charge in [-0.1, -0.05) is 41.5 Å². The van der Waals surface area contributed by atoms with Gasteiger partial charge in [0.05, 0.1) is 6.61 Å². The minimum absolute atomic E-state index is 0.140. The fourth-order valence-electron chi connectivity index (χ4n) is 2.66. The number of nitrogens with zero attached hydrogens (tertiary/aromatic N) is 1. The van der Waals surface area contributed by atoms with Crippen LogP contribution in [0.2, 0.25) is 0 Å². The van der Waals surface area contributed by atoms with E-state index >= 15 is 0 Å². The van der Waals surface area contributed by atoms with Gasteiger partial charge in [0.15, 0.2) is 18.4 Å². The van der Waals surface area contributed by atoms with Crippen molar-refractivity contribution in [3.8, 4) is 5.75 Å². The van der Waals surface area contributed by atoms with Crippen LogP contribution in [0.3, 0.4) is 0 Å². The standard InChI is InChI=1S/C23H37NO4/c1-11-27-19(25)15-28-20-17(21(2,3)4)12-16(13-18(20)22(5,6)7)14-24(26)23(8,9)10/h12-14H,11,15H2,1-10H3. The smallest absolute Gasteiger partial charge is 0.344 e. The molecule has 0 fully saturated rings. The maximum absolute atomic E-state index is 12.5. The molecule has 0 aliphatic heterocycles. The van der Waals surface area contributed by atoms with E-state index in [0.29, 0.717) is 12.4 Å². The van der Waals surface area contributed by atoms with Crippen molar-refractivity contribution in [1.29, 1.82) is 0 Å². The second-order valence-electron chi connectivity index (χ2n) is 10.2. The average Bonchev–Trinajstić information content (AvgIpc) is 2.50. The minimum Gasteiger partial charge on any atom is -0.623 e. The van der Waals surface area contributed by atoms with Crippen molar-refractivity contribution in [2.24, 2.45) is 0 Å². The van der Waals surface area contributed by atoms with E-state index in [4.69, 9.17) is 9.47 Å². The molecule has 1 aromatic rings. The highest BCUT2D eigenvalue weighted by molar-refractivity contribution is 5.78. The molecule has 0 aromatic heterocycles. The third-order valence-corrected chi connectivity index (χ3v) is 4.29. The number of ether oxygens (including phenoxy) is 2. The predicted molar refractivity (Wildman–Crippen MR) is 115 cm³/mol. The normalized spacial score (nSPS) is 13.4. The fourth-order valence-corrected chi connectivity index (χ4v) is 2.66. The lowest BCUT2D eigenvalue weighted by Crippen LogP contribution is -2.29. The van der Waals surface area contributed by atoms with E-state index in [1.807, 2.05) is 32.9 Å². The summed E-state index contributed by atoms with van der Waals surface area (Å²) < 4.78 is 12.0. The maximum atomic E-state index is 12.5. The van der Waals surface area contributed by atoms with Crippen LogP contribution in [-0.2, 0) is 20.4 Å². The summed E-state index contributed by atoms with van der Waals surface area (Å²) >= 11 is 0. The molecule has 158 valence electrons. The Morgan fingerprint density at radius 1 is 1.00 bits per heavy atom. The van der Waals surface area contributed by atoms with Gasteiger partial charge in [-0.25, -0.2) is 9.53 Å². The lowest BCUT2D eigenvalue weighted by Gasteiger charge is -2.30. The van der Waals surface area contributed by atoms with Crippen molar-refractivity contribution < 1.29 is 19.0 Å². The summed E-state index contributed by atoms with van der Waals surface area (Å²) in [6.07, 6.45) is 1.62. The molecule has 0 saturated carbocycles. The Bertz CT molecular complexity index is 693. The van der Waals surface area contributed by atoms with Gasteiger partial charge in [-0.15, -0.1) is 0 Å². The van der Waals surface area contributed by atoms with Crippen LogP contribution in [0, 0.1) is 5.21 Å². The molecule has 0 saturated heterocycles. The molecular formula is C23H37NO4. The molecule has 0 aliphatic rings. The lowest BCUT2D eigenvalue weighted by atomic mass is 9.78. The Labute approximate surface area is 170 Å². The van der Waals surface area contributed by atoms with Crippen molar-refractivity contribution in [2.45, 2.75) is 85.6 Å². The van der Waals surface area contributed by atoms with E-state index in [9.17, 15) is 10.0 Å². The number of carbonyl (C=O) groups is 1. The highest BCUT2D eigenvalue weighted by atomic mass is 16.6. The van der Waals surface area contributed by atoms with Gasteiger partial charge in [0.1, 0.15) is 5.75 Å². The Kier molecular flexibility index (Phi) is 7.32. The van der Waals surface area contributed by atoms with Crippen LogP contribution in [0.5, 0.6) is 5.75 Å². The van der Waals surface area contributed by atoms with Crippen molar-refractivity contribution in [2.75, 3.05) is 13.2 Å². The summed E-state index contributed by atoms with van der Waals surface area (Å²) in [6, 6.07) is 3.96. The zero-order valence-electron chi connectivity index (χ0n) is 19.2. The van der Waals surface area contributed by atoms with Crippen molar-refractivity contribution in [1.82, 2.24) is 0 Å². The van der Waals surface area contributed by atoms with Gasteiger partial charge in [-0.2, -0.15) is 0 Å². The van der Waals surface area contributed by atoms with E-state index in [2.05, 4.69) is 41.5 Å². The second kappa shape index (κ2) is 8.54. The average molecular weight is 392 g/mol. The summed E-state index contributed by atoms with van der Waals surface area (Å²) in [5.74, 6) is 0.301. The number of rotatable bonds is 5. The zero-order chi connectivity index (χ0) is 21.9. The van der Waals surface area contributed by atoms with Gasteiger partial charge < -0.3 is 14.7 Å². The monoisotopic (exact) mass is 391 g/mol. The zero-order valence-corrected chi connectivity index (χ0v) is 19.2.